The Bertz CT molecular complexity index is 742. The molecule has 0 bridgehead atoms. The molecule has 0 saturated carbocycles. The van der Waals surface area contributed by atoms with Crippen molar-refractivity contribution in [3.63, 3.8) is 0 Å². The van der Waals surface area contributed by atoms with Gasteiger partial charge in [-0.2, -0.15) is 0 Å². The monoisotopic (exact) mass is 406 g/mol. The number of carbonyl (C=O) groups is 1. The summed E-state index contributed by atoms with van der Waals surface area (Å²) >= 11 is 9.54. The first kappa shape index (κ1) is 17.3. The van der Waals surface area contributed by atoms with Crippen LogP contribution in [0.2, 0.25) is 5.02 Å². The standard InChI is InChI=1S/C19H20BrClN2O/c1-13-11-16(5-6-18(13)20)22-19(24)14-7-9-23(10-8-14)17-4-2-3-15(21)12-17/h2-6,11-12,14H,7-10H2,1H3,(H,22,24). The van der Waals surface area contributed by atoms with E-state index in [-0.39, 0.29) is 11.8 Å². The lowest BCUT2D eigenvalue weighted by atomic mass is 9.95. The van der Waals surface area contributed by atoms with Crippen LogP contribution in [0.5, 0.6) is 0 Å². The van der Waals surface area contributed by atoms with Crippen molar-refractivity contribution in [2.24, 2.45) is 5.92 Å². The van der Waals surface area contributed by atoms with Crippen LogP contribution in [-0.2, 0) is 4.79 Å². The summed E-state index contributed by atoms with van der Waals surface area (Å²) in [6.07, 6.45) is 1.71. The Morgan fingerprint density at radius 3 is 2.62 bits per heavy atom. The number of benzene rings is 2. The summed E-state index contributed by atoms with van der Waals surface area (Å²) in [6, 6.07) is 13.8. The molecule has 1 heterocycles. The Balaban J connectivity index is 1.58. The van der Waals surface area contributed by atoms with E-state index in [1.54, 1.807) is 0 Å². The topological polar surface area (TPSA) is 32.3 Å². The molecule has 24 heavy (non-hydrogen) atoms. The molecule has 2 aromatic rings. The van der Waals surface area contributed by atoms with Crippen LogP contribution in [0, 0.1) is 12.8 Å². The second-order valence-corrected chi connectivity index (χ2v) is 7.49. The Morgan fingerprint density at radius 2 is 1.96 bits per heavy atom. The lowest BCUT2D eigenvalue weighted by molar-refractivity contribution is -0.120. The van der Waals surface area contributed by atoms with E-state index >= 15 is 0 Å². The van der Waals surface area contributed by atoms with Gasteiger partial charge in [-0.05, 0) is 61.7 Å². The molecule has 5 heteroatoms. The summed E-state index contributed by atoms with van der Waals surface area (Å²) in [5.41, 5.74) is 3.10. The lowest BCUT2D eigenvalue weighted by Crippen LogP contribution is -2.38. The van der Waals surface area contributed by atoms with Crippen LogP contribution in [0.25, 0.3) is 0 Å². The molecule has 0 aromatic heterocycles. The highest BCUT2D eigenvalue weighted by Gasteiger charge is 2.25. The van der Waals surface area contributed by atoms with Crippen LogP contribution in [0.3, 0.4) is 0 Å². The fourth-order valence-electron chi connectivity index (χ4n) is 3.04. The van der Waals surface area contributed by atoms with Gasteiger partial charge in [0.1, 0.15) is 0 Å². The Hall–Kier alpha value is -1.52. The van der Waals surface area contributed by atoms with E-state index in [0.29, 0.717) is 0 Å². The number of nitrogens with one attached hydrogen (secondary N) is 1. The smallest absolute Gasteiger partial charge is 0.227 e. The SMILES string of the molecule is Cc1cc(NC(=O)C2CCN(c3cccc(Cl)c3)CC2)ccc1Br. The summed E-state index contributed by atoms with van der Waals surface area (Å²) < 4.78 is 1.05. The average Bonchev–Trinajstić information content (AvgIpc) is 2.58. The van der Waals surface area contributed by atoms with Crippen molar-refractivity contribution in [1.82, 2.24) is 0 Å². The molecule has 1 saturated heterocycles. The van der Waals surface area contributed by atoms with Gasteiger partial charge in [0, 0.05) is 39.9 Å². The molecule has 1 amide bonds. The Kier molecular flexibility index (Phi) is 5.47. The van der Waals surface area contributed by atoms with Gasteiger partial charge in [-0.25, -0.2) is 0 Å². The summed E-state index contributed by atoms with van der Waals surface area (Å²) in [4.78, 5) is 14.8. The minimum absolute atomic E-state index is 0.0596. The number of anilines is 2. The number of aryl methyl sites for hydroxylation is 1. The van der Waals surface area contributed by atoms with Gasteiger partial charge in [-0.1, -0.05) is 33.6 Å². The quantitative estimate of drug-likeness (QED) is 0.752. The summed E-state index contributed by atoms with van der Waals surface area (Å²) in [6.45, 7) is 3.76. The van der Waals surface area contributed by atoms with E-state index in [9.17, 15) is 4.79 Å². The molecular formula is C19H20BrClN2O. The van der Waals surface area contributed by atoms with Crippen molar-refractivity contribution < 1.29 is 4.79 Å². The van der Waals surface area contributed by atoms with Gasteiger partial charge >= 0.3 is 0 Å². The Labute approximate surface area is 156 Å². The molecule has 3 nitrogen and oxygen atoms in total. The van der Waals surface area contributed by atoms with Crippen molar-refractivity contribution in [3.8, 4) is 0 Å². The normalized spacial score (nSPS) is 15.4. The molecule has 1 aliphatic heterocycles. The molecule has 1 aliphatic rings. The largest absolute Gasteiger partial charge is 0.371 e. The summed E-state index contributed by atoms with van der Waals surface area (Å²) in [7, 11) is 0. The van der Waals surface area contributed by atoms with Crippen LogP contribution >= 0.6 is 27.5 Å². The van der Waals surface area contributed by atoms with Gasteiger partial charge in [0.2, 0.25) is 5.91 Å². The molecule has 1 fully saturated rings. The van der Waals surface area contributed by atoms with Gasteiger partial charge < -0.3 is 10.2 Å². The van der Waals surface area contributed by atoms with Gasteiger partial charge in [0.05, 0.1) is 0 Å². The maximum absolute atomic E-state index is 12.5. The minimum atomic E-state index is 0.0596. The number of nitrogens with zero attached hydrogens (tertiary/aromatic N) is 1. The predicted molar refractivity (Wildman–Crippen MR) is 104 cm³/mol. The third-order valence-electron chi connectivity index (χ3n) is 4.46. The van der Waals surface area contributed by atoms with E-state index in [1.165, 1.54) is 0 Å². The van der Waals surface area contributed by atoms with Crippen LogP contribution < -0.4 is 10.2 Å². The fourth-order valence-corrected chi connectivity index (χ4v) is 3.47. The Morgan fingerprint density at radius 1 is 1.21 bits per heavy atom. The highest BCUT2D eigenvalue weighted by Crippen LogP contribution is 2.27. The van der Waals surface area contributed by atoms with E-state index in [1.807, 2.05) is 43.3 Å². The van der Waals surface area contributed by atoms with E-state index in [4.69, 9.17) is 11.6 Å². The number of halogens is 2. The van der Waals surface area contributed by atoms with Gasteiger partial charge in [-0.3, -0.25) is 4.79 Å². The van der Waals surface area contributed by atoms with Crippen molar-refractivity contribution in [2.75, 3.05) is 23.3 Å². The van der Waals surface area contributed by atoms with Crippen molar-refractivity contribution in [2.45, 2.75) is 19.8 Å². The van der Waals surface area contributed by atoms with Crippen molar-refractivity contribution in [3.05, 3.63) is 57.5 Å². The first-order valence-electron chi connectivity index (χ1n) is 8.10. The molecule has 126 valence electrons. The highest BCUT2D eigenvalue weighted by molar-refractivity contribution is 9.10. The highest BCUT2D eigenvalue weighted by atomic mass is 79.9. The molecule has 2 aromatic carbocycles. The average molecular weight is 408 g/mol. The second-order valence-electron chi connectivity index (χ2n) is 6.19. The molecule has 0 spiro atoms. The van der Waals surface area contributed by atoms with E-state index < -0.39 is 0 Å². The molecule has 1 N–H and O–H groups in total. The predicted octanol–water partition coefficient (Wildman–Crippen LogP) is 5.27. The van der Waals surface area contributed by atoms with Crippen molar-refractivity contribution in [1.29, 1.82) is 0 Å². The fraction of sp³-hybridized carbons (Fsp3) is 0.316. The molecule has 0 aliphatic carbocycles. The zero-order chi connectivity index (χ0) is 17.1. The maximum atomic E-state index is 12.5. The number of hydrogen-bond donors (Lipinski definition) is 1. The number of rotatable bonds is 3. The van der Waals surface area contributed by atoms with Gasteiger partial charge in [0.15, 0.2) is 0 Å². The van der Waals surface area contributed by atoms with Gasteiger partial charge in [-0.15, -0.1) is 0 Å². The first-order valence-corrected chi connectivity index (χ1v) is 9.27. The zero-order valence-electron chi connectivity index (χ0n) is 13.6. The summed E-state index contributed by atoms with van der Waals surface area (Å²) in [5, 5.41) is 3.79. The first-order chi connectivity index (χ1) is 11.5. The number of piperidine rings is 1. The third kappa shape index (κ3) is 4.11. The van der Waals surface area contributed by atoms with Crippen LogP contribution in [-0.4, -0.2) is 19.0 Å². The molecular weight excluding hydrogens is 388 g/mol. The van der Waals surface area contributed by atoms with E-state index in [0.717, 1.165) is 52.4 Å². The van der Waals surface area contributed by atoms with Gasteiger partial charge in [0.25, 0.3) is 0 Å². The molecule has 0 atom stereocenters. The number of carbonyl (C=O) groups excluding carboxylic acids is 1. The summed E-state index contributed by atoms with van der Waals surface area (Å²) in [5.74, 6) is 0.173. The number of amides is 1. The lowest BCUT2D eigenvalue weighted by Gasteiger charge is -2.33. The van der Waals surface area contributed by atoms with Crippen LogP contribution in [0.15, 0.2) is 46.9 Å². The molecule has 3 rings (SSSR count). The zero-order valence-corrected chi connectivity index (χ0v) is 15.9. The van der Waals surface area contributed by atoms with Crippen LogP contribution in [0.4, 0.5) is 11.4 Å². The molecule has 0 unspecified atom stereocenters. The van der Waals surface area contributed by atoms with Crippen molar-refractivity contribution >= 4 is 44.8 Å². The van der Waals surface area contributed by atoms with E-state index in [2.05, 4.69) is 32.2 Å². The van der Waals surface area contributed by atoms with Crippen LogP contribution in [0.1, 0.15) is 18.4 Å². The molecule has 0 radical (unpaired) electrons. The second kappa shape index (κ2) is 7.58. The minimum Gasteiger partial charge on any atom is -0.371 e. The number of hydrogen-bond acceptors (Lipinski definition) is 2. The maximum Gasteiger partial charge on any atom is 0.227 e. The third-order valence-corrected chi connectivity index (χ3v) is 5.59.